The predicted octanol–water partition coefficient (Wildman–Crippen LogP) is 2.70. The number of amides is 1. The molecule has 1 saturated heterocycles. The Bertz CT molecular complexity index is 1360. The van der Waals surface area contributed by atoms with Crippen molar-refractivity contribution < 1.29 is 19.1 Å². The van der Waals surface area contributed by atoms with Gasteiger partial charge in [0.05, 0.1) is 13.7 Å². The maximum absolute atomic E-state index is 13.1. The molecule has 2 aromatic carbocycles. The number of rotatable bonds is 6. The average Bonchev–Trinajstić information content (AvgIpc) is 3.07. The van der Waals surface area contributed by atoms with E-state index in [4.69, 9.17) is 9.47 Å². The van der Waals surface area contributed by atoms with Crippen LogP contribution in [-0.2, 0) is 29.0 Å². The Morgan fingerprint density at radius 2 is 1.86 bits per heavy atom. The first-order chi connectivity index (χ1) is 17.4. The van der Waals surface area contributed by atoms with Crippen molar-refractivity contribution in [1.29, 1.82) is 0 Å². The molecular weight excluding hydrogens is 458 g/mol. The zero-order valence-electron chi connectivity index (χ0n) is 20.7. The van der Waals surface area contributed by atoms with Gasteiger partial charge >= 0.3 is 5.97 Å². The number of carbonyl (C=O) groups is 2. The lowest BCUT2D eigenvalue weighted by Gasteiger charge is -2.20. The fraction of sp³-hybridized carbons (Fsp3) is 0.393. The van der Waals surface area contributed by atoms with Gasteiger partial charge in [-0.05, 0) is 16.3 Å². The molecule has 3 heterocycles. The molecule has 3 aromatic rings. The molecule has 0 spiro atoms. The first kappa shape index (κ1) is 24.1. The van der Waals surface area contributed by atoms with Crippen LogP contribution in [0.15, 0.2) is 53.3 Å². The molecule has 5 rings (SSSR count). The Hall–Kier alpha value is -3.65. The van der Waals surface area contributed by atoms with E-state index in [0.29, 0.717) is 50.3 Å². The fourth-order valence-electron chi connectivity index (χ4n) is 5.33. The highest BCUT2D eigenvalue weighted by Gasteiger charge is 2.30. The smallest absolute Gasteiger partial charge is 0.343 e. The fourth-order valence-corrected chi connectivity index (χ4v) is 5.33. The second kappa shape index (κ2) is 10.1. The summed E-state index contributed by atoms with van der Waals surface area (Å²) in [6.07, 6.45) is 0.920. The molecule has 2 aliphatic heterocycles. The molecule has 0 saturated carbocycles. The molecule has 0 aliphatic carbocycles. The van der Waals surface area contributed by atoms with Crippen molar-refractivity contribution in [3.05, 3.63) is 75.7 Å². The summed E-state index contributed by atoms with van der Waals surface area (Å²) in [7, 11) is 3.10. The monoisotopic (exact) mass is 489 g/mol. The minimum absolute atomic E-state index is 0.0192. The Morgan fingerprint density at radius 1 is 1.06 bits per heavy atom. The van der Waals surface area contributed by atoms with Crippen molar-refractivity contribution in [2.24, 2.45) is 5.92 Å². The number of pyridine rings is 1. The molecular formula is C28H31N3O5. The lowest BCUT2D eigenvalue weighted by atomic mass is 10.0. The number of likely N-dealkylation sites (tertiary alicyclic amines) is 1. The maximum atomic E-state index is 13.1. The van der Waals surface area contributed by atoms with Gasteiger partial charge in [-0.15, -0.1) is 0 Å². The summed E-state index contributed by atoms with van der Waals surface area (Å²) >= 11 is 0. The van der Waals surface area contributed by atoms with Crippen molar-refractivity contribution in [2.45, 2.75) is 25.9 Å². The summed E-state index contributed by atoms with van der Waals surface area (Å²) in [6, 6.07) is 16.0. The number of hydrogen-bond donors (Lipinski definition) is 0. The lowest BCUT2D eigenvalue weighted by molar-refractivity contribution is -0.126. The number of aromatic nitrogens is 1. The summed E-state index contributed by atoms with van der Waals surface area (Å²) in [5.74, 6) is -0.186. The Morgan fingerprint density at radius 3 is 2.64 bits per heavy atom. The highest BCUT2D eigenvalue weighted by molar-refractivity contribution is 5.93. The predicted molar refractivity (Wildman–Crippen MR) is 136 cm³/mol. The van der Waals surface area contributed by atoms with E-state index < -0.39 is 5.97 Å². The van der Waals surface area contributed by atoms with Crippen molar-refractivity contribution >= 4 is 22.6 Å². The van der Waals surface area contributed by atoms with Crippen LogP contribution in [0, 0.1) is 5.92 Å². The van der Waals surface area contributed by atoms with Crippen LogP contribution in [0.3, 0.4) is 0 Å². The van der Waals surface area contributed by atoms with Gasteiger partial charge in [-0.1, -0.05) is 42.5 Å². The summed E-state index contributed by atoms with van der Waals surface area (Å²) in [4.78, 5) is 41.8. The first-order valence-corrected chi connectivity index (χ1v) is 12.4. The number of carbonyl (C=O) groups excluding carboxylic acids is 2. The molecule has 8 heteroatoms. The number of ether oxygens (including phenoxy) is 2. The molecule has 1 amide bonds. The normalized spacial score (nSPS) is 18.2. The van der Waals surface area contributed by atoms with Gasteiger partial charge in [0.2, 0.25) is 5.91 Å². The van der Waals surface area contributed by atoms with Crippen LogP contribution in [0.4, 0.5) is 0 Å². The van der Waals surface area contributed by atoms with E-state index in [0.717, 1.165) is 6.54 Å². The molecule has 1 fully saturated rings. The van der Waals surface area contributed by atoms with Crippen LogP contribution in [0.2, 0.25) is 0 Å². The average molecular weight is 490 g/mol. The number of esters is 1. The van der Waals surface area contributed by atoms with E-state index in [2.05, 4.69) is 35.2 Å². The van der Waals surface area contributed by atoms with E-state index in [1.54, 1.807) is 16.5 Å². The Balaban J connectivity index is 1.39. The Kier molecular flexibility index (Phi) is 6.78. The molecule has 36 heavy (non-hydrogen) atoms. The molecule has 188 valence electrons. The van der Waals surface area contributed by atoms with Crippen molar-refractivity contribution in [3.63, 3.8) is 0 Å². The zero-order chi connectivity index (χ0) is 25.2. The third-order valence-corrected chi connectivity index (χ3v) is 7.25. The molecule has 0 N–H and O–H groups in total. The quantitative estimate of drug-likeness (QED) is 0.496. The summed E-state index contributed by atoms with van der Waals surface area (Å²) in [5.41, 5.74) is 1.99. The van der Waals surface area contributed by atoms with E-state index in [1.807, 2.05) is 12.1 Å². The highest BCUT2D eigenvalue weighted by atomic mass is 16.5. The van der Waals surface area contributed by atoms with Gasteiger partial charge in [-0.3, -0.25) is 14.5 Å². The molecule has 1 atom stereocenters. The van der Waals surface area contributed by atoms with E-state index in [1.165, 1.54) is 29.5 Å². The topological polar surface area (TPSA) is 81.1 Å². The highest BCUT2D eigenvalue weighted by Crippen LogP contribution is 2.27. The number of nitrogens with zero attached hydrogens (tertiary/aromatic N) is 3. The minimum Gasteiger partial charge on any atom is -0.492 e. The third kappa shape index (κ3) is 4.73. The van der Waals surface area contributed by atoms with Crippen LogP contribution >= 0.6 is 0 Å². The molecule has 1 aromatic heterocycles. The van der Waals surface area contributed by atoms with Crippen molar-refractivity contribution in [1.82, 2.24) is 14.4 Å². The van der Waals surface area contributed by atoms with Gasteiger partial charge in [-0.25, -0.2) is 4.79 Å². The molecule has 0 bridgehead atoms. The summed E-state index contributed by atoms with van der Waals surface area (Å²) in [5, 5.41) is 2.43. The zero-order valence-corrected chi connectivity index (χ0v) is 20.7. The van der Waals surface area contributed by atoms with Crippen molar-refractivity contribution in [3.8, 4) is 5.75 Å². The van der Waals surface area contributed by atoms with Gasteiger partial charge < -0.3 is 18.9 Å². The molecule has 1 unspecified atom stereocenters. The SMILES string of the molecule is COC(=O)c1c(OCC2CC(=O)N(C)C2)cc(=O)n2c1CCN(Cc1cccc3ccccc13)CC2. The van der Waals surface area contributed by atoms with Gasteiger partial charge in [0, 0.05) is 70.3 Å². The second-order valence-corrected chi connectivity index (χ2v) is 9.63. The van der Waals surface area contributed by atoms with Gasteiger partial charge in [-0.2, -0.15) is 0 Å². The van der Waals surface area contributed by atoms with Crippen LogP contribution in [0.5, 0.6) is 5.75 Å². The lowest BCUT2D eigenvalue weighted by Crippen LogP contribution is -2.29. The van der Waals surface area contributed by atoms with E-state index in [-0.39, 0.29) is 29.7 Å². The van der Waals surface area contributed by atoms with Crippen LogP contribution in [0.25, 0.3) is 10.8 Å². The van der Waals surface area contributed by atoms with E-state index >= 15 is 0 Å². The number of methoxy groups -OCH3 is 1. The van der Waals surface area contributed by atoms with Gasteiger partial charge in [0.15, 0.2) is 0 Å². The maximum Gasteiger partial charge on any atom is 0.343 e. The molecule has 8 nitrogen and oxygen atoms in total. The second-order valence-electron chi connectivity index (χ2n) is 9.63. The summed E-state index contributed by atoms with van der Waals surface area (Å²) < 4.78 is 12.8. The van der Waals surface area contributed by atoms with Crippen LogP contribution < -0.4 is 10.3 Å². The number of fused-ring (bicyclic) bond motifs is 2. The van der Waals surface area contributed by atoms with Gasteiger partial charge in [0.1, 0.15) is 11.3 Å². The minimum atomic E-state index is -0.518. The van der Waals surface area contributed by atoms with E-state index in [9.17, 15) is 14.4 Å². The largest absolute Gasteiger partial charge is 0.492 e. The van der Waals surface area contributed by atoms with Gasteiger partial charge in [0.25, 0.3) is 5.56 Å². The standard InChI is InChI=1S/C28H31N3O5/c1-29-16-19(14-25(29)32)18-36-24-15-26(33)31-13-12-30(11-10-23(31)27(24)28(34)35-2)17-21-8-5-7-20-6-3-4-9-22(20)21/h3-9,15,19H,10-14,16-18H2,1-2H3. The van der Waals surface area contributed by atoms with Crippen LogP contribution in [-0.4, -0.2) is 66.6 Å². The number of hydrogen-bond acceptors (Lipinski definition) is 6. The van der Waals surface area contributed by atoms with Crippen molar-refractivity contribution in [2.75, 3.05) is 40.4 Å². The molecule has 2 aliphatic rings. The molecule has 0 radical (unpaired) electrons. The Labute approximate surface area is 210 Å². The third-order valence-electron chi connectivity index (χ3n) is 7.25. The van der Waals surface area contributed by atoms with Crippen LogP contribution in [0.1, 0.15) is 28.0 Å². The first-order valence-electron chi connectivity index (χ1n) is 12.4. The number of benzene rings is 2. The summed E-state index contributed by atoms with van der Waals surface area (Å²) in [6.45, 7) is 3.47.